The molecule has 138 valence electrons. The summed E-state index contributed by atoms with van der Waals surface area (Å²) in [5.74, 6) is 0. The second-order valence-corrected chi connectivity index (χ2v) is 8.48. The molecule has 1 N–H and O–H groups in total. The lowest BCUT2D eigenvalue weighted by molar-refractivity contribution is -0.0487. The van der Waals surface area contributed by atoms with Crippen LogP contribution in [0.3, 0.4) is 0 Å². The smallest absolute Gasteiger partial charge is 0.115 e. The van der Waals surface area contributed by atoms with E-state index in [2.05, 4.69) is 14.9 Å². The third-order valence-electron chi connectivity index (χ3n) is 6.79. The van der Waals surface area contributed by atoms with Crippen LogP contribution in [-0.4, -0.2) is 57.9 Å². The number of rotatable bonds is 4. The molecule has 1 saturated carbocycles. The van der Waals surface area contributed by atoms with Crippen molar-refractivity contribution in [3.05, 3.63) is 24.3 Å². The molecule has 4 rings (SSSR count). The van der Waals surface area contributed by atoms with Gasteiger partial charge in [0.05, 0.1) is 11.7 Å². The number of ether oxygens (including phenoxy) is 1. The zero-order valence-corrected chi connectivity index (χ0v) is 15.2. The molecule has 1 aliphatic carbocycles. The van der Waals surface area contributed by atoms with Gasteiger partial charge in [-0.1, -0.05) is 19.3 Å². The number of likely N-dealkylation sites (tertiary alicyclic amines) is 1. The van der Waals surface area contributed by atoms with Crippen LogP contribution in [0.1, 0.15) is 56.9 Å². The average Bonchev–Trinajstić information content (AvgIpc) is 3.01. The molecule has 25 heavy (non-hydrogen) atoms. The van der Waals surface area contributed by atoms with Gasteiger partial charge in [-0.25, -0.2) is 9.97 Å². The van der Waals surface area contributed by atoms with Gasteiger partial charge in [-0.2, -0.15) is 0 Å². The van der Waals surface area contributed by atoms with Gasteiger partial charge < -0.3 is 14.7 Å². The number of nitrogens with zero attached hydrogens (tertiary/aromatic N) is 3. The molecule has 1 aromatic heterocycles. The van der Waals surface area contributed by atoms with E-state index in [-0.39, 0.29) is 0 Å². The summed E-state index contributed by atoms with van der Waals surface area (Å²) in [5, 5.41) is 10.8. The normalized spacial score (nSPS) is 29.1. The maximum atomic E-state index is 10.8. The largest absolute Gasteiger partial charge is 0.389 e. The fourth-order valence-electron chi connectivity index (χ4n) is 5.18. The van der Waals surface area contributed by atoms with Gasteiger partial charge in [-0.3, -0.25) is 0 Å². The van der Waals surface area contributed by atoms with Crippen molar-refractivity contribution < 1.29 is 9.84 Å². The van der Waals surface area contributed by atoms with Gasteiger partial charge in [0.1, 0.15) is 6.33 Å². The van der Waals surface area contributed by atoms with Crippen LogP contribution < -0.4 is 0 Å². The predicted octanol–water partition coefficient (Wildman–Crippen LogP) is 2.59. The van der Waals surface area contributed by atoms with Crippen LogP contribution in [0.5, 0.6) is 0 Å². The standard InChI is InChI=1S/C20H31N3O2/c24-20(4-2-1-3-5-20)15-23-9-6-19(7-10-23)8-11-25-18(19)12-17-13-21-16-22-14-17/h13-14,16,18,24H,1-12,15H2/t18-/m1/s1. The Morgan fingerprint density at radius 2 is 1.76 bits per heavy atom. The minimum Gasteiger partial charge on any atom is -0.389 e. The van der Waals surface area contributed by atoms with Crippen LogP contribution in [0.4, 0.5) is 0 Å². The van der Waals surface area contributed by atoms with E-state index in [4.69, 9.17) is 4.74 Å². The van der Waals surface area contributed by atoms with Gasteiger partial charge in [-0.15, -0.1) is 0 Å². The van der Waals surface area contributed by atoms with Crippen molar-refractivity contribution in [3.63, 3.8) is 0 Å². The van der Waals surface area contributed by atoms with Crippen LogP contribution >= 0.6 is 0 Å². The van der Waals surface area contributed by atoms with E-state index < -0.39 is 5.60 Å². The lowest BCUT2D eigenvalue weighted by atomic mass is 9.71. The van der Waals surface area contributed by atoms with E-state index >= 15 is 0 Å². The van der Waals surface area contributed by atoms with Crippen LogP contribution in [0.2, 0.25) is 0 Å². The van der Waals surface area contributed by atoms with Crippen molar-refractivity contribution in [3.8, 4) is 0 Å². The fourth-order valence-corrected chi connectivity index (χ4v) is 5.18. The van der Waals surface area contributed by atoms with Crippen LogP contribution in [0, 0.1) is 5.41 Å². The highest BCUT2D eigenvalue weighted by Crippen LogP contribution is 2.45. The lowest BCUT2D eigenvalue weighted by Crippen LogP contribution is -2.50. The summed E-state index contributed by atoms with van der Waals surface area (Å²) in [6.07, 6.45) is 15.8. The monoisotopic (exact) mass is 345 g/mol. The molecule has 1 aromatic rings. The number of aliphatic hydroxyl groups is 1. The minimum atomic E-state index is -0.435. The van der Waals surface area contributed by atoms with Crippen molar-refractivity contribution >= 4 is 0 Å². The molecule has 1 atom stereocenters. The third-order valence-corrected chi connectivity index (χ3v) is 6.79. The molecular weight excluding hydrogens is 314 g/mol. The van der Waals surface area contributed by atoms with E-state index in [9.17, 15) is 5.11 Å². The Morgan fingerprint density at radius 3 is 2.48 bits per heavy atom. The first-order valence-electron chi connectivity index (χ1n) is 9.98. The quantitative estimate of drug-likeness (QED) is 0.909. The predicted molar refractivity (Wildman–Crippen MR) is 96.2 cm³/mol. The van der Waals surface area contributed by atoms with Gasteiger partial charge in [0.25, 0.3) is 0 Å². The first kappa shape index (κ1) is 17.4. The minimum absolute atomic E-state index is 0.290. The van der Waals surface area contributed by atoms with E-state index in [1.165, 1.54) is 44.1 Å². The summed E-state index contributed by atoms with van der Waals surface area (Å²) in [7, 11) is 0. The van der Waals surface area contributed by atoms with Gasteiger partial charge in [-0.05, 0) is 50.8 Å². The Morgan fingerprint density at radius 1 is 1.04 bits per heavy atom. The summed E-state index contributed by atoms with van der Waals surface area (Å²) < 4.78 is 6.13. The molecule has 3 fully saturated rings. The van der Waals surface area contributed by atoms with Crippen molar-refractivity contribution in [2.45, 2.75) is 69.5 Å². The molecule has 3 aliphatic rings. The molecule has 2 saturated heterocycles. The fraction of sp³-hybridized carbons (Fsp3) is 0.800. The zero-order chi connectivity index (χ0) is 17.2. The van der Waals surface area contributed by atoms with E-state index in [1.54, 1.807) is 6.33 Å². The summed E-state index contributed by atoms with van der Waals surface area (Å²) in [4.78, 5) is 10.8. The Hall–Kier alpha value is -1.04. The van der Waals surface area contributed by atoms with Crippen LogP contribution in [0.15, 0.2) is 18.7 Å². The van der Waals surface area contributed by atoms with Gasteiger partial charge >= 0.3 is 0 Å². The first-order valence-corrected chi connectivity index (χ1v) is 9.98. The molecule has 5 heteroatoms. The van der Waals surface area contributed by atoms with Crippen molar-refractivity contribution in [1.82, 2.24) is 14.9 Å². The van der Waals surface area contributed by atoms with Gasteiger partial charge in [0.2, 0.25) is 0 Å². The Bertz CT molecular complexity index is 551. The van der Waals surface area contributed by atoms with Gasteiger partial charge in [0.15, 0.2) is 0 Å². The SMILES string of the molecule is OC1(CN2CCC3(CCO[C@@H]3Cc3cncnc3)CC2)CCCCC1. The molecular formula is C20H31N3O2. The molecule has 0 amide bonds. The Labute approximate surface area is 150 Å². The summed E-state index contributed by atoms with van der Waals surface area (Å²) in [6.45, 7) is 3.92. The van der Waals surface area contributed by atoms with E-state index in [0.29, 0.717) is 11.5 Å². The maximum Gasteiger partial charge on any atom is 0.115 e. The lowest BCUT2D eigenvalue weighted by Gasteiger charge is -2.45. The number of aromatic nitrogens is 2. The second kappa shape index (κ2) is 7.29. The van der Waals surface area contributed by atoms with Crippen molar-refractivity contribution in [1.29, 1.82) is 0 Å². The maximum absolute atomic E-state index is 10.8. The second-order valence-electron chi connectivity index (χ2n) is 8.48. The highest BCUT2D eigenvalue weighted by molar-refractivity contribution is 5.08. The highest BCUT2D eigenvalue weighted by atomic mass is 16.5. The van der Waals surface area contributed by atoms with E-state index in [1.807, 2.05) is 12.4 Å². The van der Waals surface area contributed by atoms with Gasteiger partial charge in [0, 0.05) is 37.4 Å². The van der Waals surface area contributed by atoms with Crippen molar-refractivity contribution in [2.24, 2.45) is 5.41 Å². The third kappa shape index (κ3) is 3.88. The average molecular weight is 345 g/mol. The molecule has 0 unspecified atom stereocenters. The number of hydrogen-bond donors (Lipinski definition) is 1. The number of β-amino-alcohol motifs (C(OH)–C–C–N with tert-alkyl or cyclic N) is 1. The summed E-state index contributed by atoms with van der Waals surface area (Å²) in [5.41, 5.74) is 1.05. The number of piperidine rings is 1. The Balaban J connectivity index is 1.35. The van der Waals surface area contributed by atoms with Crippen molar-refractivity contribution in [2.75, 3.05) is 26.2 Å². The molecule has 1 spiro atoms. The highest BCUT2D eigenvalue weighted by Gasteiger charge is 2.46. The Kier molecular flexibility index (Phi) is 5.07. The van der Waals surface area contributed by atoms with E-state index in [0.717, 1.165) is 45.5 Å². The molecule has 3 heterocycles. The van der Waals surface area contributed by atoms with Crippen LogP contribution in [0.25, 0.3) is 0 Å². The molecule has 2 aliphatic heterocycles. The molecule has 0 bridgehead atoms. The first-order chi connectivity index (χ1) is 12.2. The topological polar surface area (TPSA) is 58.5 Å². The molecule has 5 nitrogen and oxygen atoms in total. The summed E-state index contributed by atoms with van der Waals surface area (Å²) in [6, 6.07) is 0. The molecule has 0 radical (unpaired) electrons. The summed E-state index contributed by atoms with van der Waals surface area (Å²) >= 11 is 0. The number of hydrogen-bond acceptors (Lipinski definition) is 5. The van der Waals surface area contributed by atoms with Crippen LogP contribution in [-0.2, 0) is 11.2 Å². The molecule has 0 aromatic carbocycles. The zero-order valence-electron chi connectivity index (χ0n) is 15.2.